The Hall–Kier alpha value is -2.04. The number of ether oxygens (including phenoxy) is 1. The Morgan fingerprint density at radius 1 is 0.857 bits per heavy atom. The van der Waals surface area contributed by atoms with Crippen LogP contribution in [0, 0.1) is 5.21 Å². The van der Waals surface area contributed by atoms with Gasteiger partial charge in [0, 0.05) is 12.5 Å². The molecule has 2 aromatic carbocycles. The van der Waals surface area contributed by atoms with Gasteiger partial charge in [0.25, 0.3) is 0 Å². The average Bonchev–Trinajstić information content (AvgIpc) is 2.47. The van der Waals surface area contributed by atoms with Crippen molar-refractivity contribution in [3.8, 4) is 11.5 Å². The smallest absolute Gasteiger partial charge is 0.146 e. The highest BCUT2D eigenvalue weighted by molar-refractivity contribution is 5.41. The Kier molecular flexibility index (Phi) is 4.50. The second-order valence-corrected chi connectivity index (χ2v) is 5.41. The van der Waals surface area contributed by atoms with Gasteiger partial charge in [-0.1, -0.05) is 38.1 Å². The summed E-state index contributed by atoms with van der Waals surface area (Å²) >= 11 is 0. The van der Waals surface area contributed by atoms with Crippen molar-refractivity contribution in [3.63, 3.8) is 0 Å². The molecule has 0 amide bonds. The molecule has 4 heteroatoms. The third-order valence-electron chi connectivity index (χ3n) is 3.62. The van der Waals surface area contributed by atoms with Gasteiger partial charge in [-0.15, -0.1) is 0 Å². The molecule has 21 heavy (non-hydrogen) atoms. The minimum Gasteiger partial charge on any atom is -0.753 e. The highest BCUT2D eigenvalue weighted by atomic mass is 16.9. The number of benzene rings is 2. The molecule has 0 unspecified atom stereocenters. The summed E-state index contributed by atoms with van der Waals surface area (Å²) in [6, 6.07) is 15.6. The normalized spacial score (nSPS) is 11.5. The summed E-state index contributed by atoms with van der Waals surface area (Å²) in [6.07, 6.45) is 0. The third kappa shape index (κ3) is 3.54. The average molecular weight is 286 g/mol. The first-order valence-corrected chi connectivity index (χ1v) is 6.77. The van der Waals surface area contributed by atoms with Gasteiger partial charge in [-0.3, -0.25) is 0 Å². The molecule has 2 rings (SSSR count). The van der Waals surface area contributed by atoms with Crippen LogP contribution in [-0.4, -0.2) is 19.4 Å². The molecule has 112 valence electrons. The summed E-state index contributed by atoms with van der Waals surface area (Å²) in [6.45, 7) is 4.31. The Balaban J connectivity index is 2.25. The predicted molar refractivity (Wildman–Crippen MR) is 83.3 cm³/mol. The zero-order valence-corrected chi connectivity index (χ0v) is 12.8. The molecule has 0 atom stereocenters. The second-order valence-electron chi connectivity index (χ2n) is 5.41. The lowest BCUT2D eigenvalue weighted by Crippen LogP contribution is -2.19. The van der Waals surface area contributed by atoms with Gasteiger partial charge in [-0.2, -0.15) is 0 Å². The van der Waals surface area contributed by atoms with E-state index in [0.29, 0.717) is 11.0 Å². The topological polar surface area (TPSA) is 44.8 Å². The predicted octanol–water partition coefficient (Wildman–Crippen LogP) is 3.74. The van der Waals surface area contributed by atoms with E-state index in [4.69, 9.17) is 9.57 Å². The maximum Gasteiger partial charge on any atom is 0.146 e. The number of hydrogen-bond donors (Lipinski definition) is 0. The molecule has 4 nitrogen and oxygen atoms in total. The largest absolute Gasteiger partial charge is 0.753 e. The fraction of sp³-hybridized carbons (Fsp3) is 0.294. The maximum atomic E-state index is 10.9. The van der Waals surface area contributed by atoms with Gasteiger partial charge in [0.1, 0.15) is 11.5 Å². The van der Waals surface area contributed by atoms with Crippen LogP contribution in [0.4, 0.5) is 0 Å². The van der Waals surface area contributed by atoms with Crippen molar-refractivity contribution < 1.29 is 9.57 Å². The van der Waals surface area contributed by atoms with Crippen LogP contribution in [-0.2, 0) is 5.41 Å². The van der Waals surface area contributed by atoms with Crippen molar-refractivity contribution in [3.05, 3.63) is 64.9 Å². The Bertz CT molecular complexity index is 574. The van der Waals surface area contributed by atoms with E-state index in [1.54, 1.807) is 19.2 Å². The van der Waals surface area contributed by atoms with Gasteiger partial charge < -0.3 is 14.8 Å². The highest BCUT2D eigenvalue weighted by Gasteiger charge is 2.23. The van der Waals surface area contributed by atoms with E-state index < -0.39 is 0 Å². The van der Waals surface area contributed by atoms with E-state index in [2.05, 4.69) is 26.0 Å². The quantitative estimate of drug-likeness (QED) is 0.785. The first-order valence-electron chi connectivity index (χ1n) is 6.77. The molecule has 0 aromatic heterocycles. The summed E-state index contributed by atoms with van der Waals surface area (Å²) in [7, 11) is 2.97. The summed E-state index contributed by atoms with van der Waals surface area (Å²) in [5.41, 5.74) is 2.19. The molecule has 0 saturated carbocycles. The van der Waals surface area contributed by atoms with E-state index in [-0.39, 0.29) is 5.41 Å². The van der Waals surface area contributed by atoms with Crippen LogP contribution in [0.3, 0.4) is 0 Å². The van der Waals surface area contributed by atoms with Crippen molar-refractivity contribution in [1.29, 1.82) is 0 Å². The number of rotatable bonds is 5. The van der Waals surface area contributed by atoms with Crippen LogP contribution in [0.5, 0.6) is 11.5 Å². The molecule has 2 aromatic rings. The molecule has 0 aliphatic heterocycles. The van der Waals surface area contributed by atoms with E-state index >= 15 is 0 Å². The molecule has 0 bridgehead atoms. The molecule has 0 aliphatic carbocycles. The SMILES string of the molecule is COc1ccc(C(C)(C)c2ccc(ON(C)[O-])cc2)cc1. The fourth-order valence-corrected chi connectivity index (χ4v) is 2.26. The summed E-state index contributed by atoms with van der Waals surface area (Å²) in [5.74, 6) is 1.37. The van der Waals surface area contributed by atoms with E-state index in [0.717, 1.165) is 11.3 Å². The monoisotopic (exact) mass is 286 g/mol. The first-order chi connectivity index (χ1) is 9.93. The van der Waals surface area contributed by atoms with Crippen LogP contribution >= 0.6 is 0 Å². The zero-order valence-electron chi connectivity index (χ0n) is 12.8. The summed E-state index contributed by atoms with van der Waals surface area (Å²) < 4.78 is 5.19. The van der Waals surface area contributed by atoms with Crippen molar-refractivity contribution in [1.82, 2.24) is 5.23 Å². The lowest BCUT2D eigenvalue weighted by Gasteiger charge is -2.27. The van der Waals surface area contributed by atoms with E-state index in [1.165, 1.54) is 12.6 Å². The summed E-state index contributed by atoms with van der Waals surface area (Å²) in [4.78, 5) is 4.98. The third-order valence-corrected chi connectivity index (χ3v) is 3.62. The van der Waals surface area contributed by atoms with Crippen LogP contribution in [0.1, 0.15) is 25.0 Å². The van der Waals surface area contributed by atoms with Crippen LogP contribution in [0.25, 0.3) is 0 Å². The van der Waals surface area contributed by atoms with Crippen LogP contribution in [0.15, 0.2) is 48.5 Å². The molecule has 0 spiro atoms. The van der Waals surface area contributed by atoms with Crippen LogP contribution in [0.2, 0.25) is 0 Å². The van der Waals surface area contributed by atoms with E-state index in [1.807, 2.05) is 24.3 Å². The Morgan fingerprint density at radius 3 is 1.67 bits per heavy atom. The Morgan fingerprint density at radius 2 is 1.29 bits per heavy atom. The first kappa shape index (κ1) is 15.4. The minimum absolute atomic E-state index is 0.145. The molecule has 0 N–H and O–H groups in total. The standard InChI is InChI=1S/C17H20NO3/c1-17(2,13-5-9-15(20-4)10-6-13)14-7-11-16(12-8-14)21-18(3)19/h5-12H,1-4H3/q-1. The molecular formula is C17H20NO3-. The number of hydroxylamine groups is 2. The van der Waals surface area contributed by atoms with Crippen LogP contribution < -0.4 is 9.57 Å². The van der Waals surface area contributed by atoms with Crippen molar-refractivity contribution in [2.75, 3.05) is 14.2 Å². The molecular weight excluding hydrogens is 266 g/mol. The maximum absolute atomic E-state index is 10.9. The van der Waals surface area contributed by atoms with Gasteiger partial charge in [0.2, 0.25) is 0 Å². The van der Waals surface area contributed by atoms with E-state index in [9.17, 15) is 5.21 Å². The molecule has 0 saturated heterocycles. The highest BCUT2D eigenvalue weighted by Crippen LogP contribution is 2.33. The van der Waals surface area contributed by atoms with Gasteiger partial charge in [0.05, 0.1) is 7.11 Å². The van der Waals surface area contributed by atoms with Crippen molar-refractivity contribution in [2.45, 2.75) is 19.3 Å². The lowest BCUT2D eigenvalue weighted by molar-refractivity contribution is 0.0217. The van der Waals surface area contributed by atoms with Crippen molar-refractivity contribution >= 4 is 0 Å². The molecule has 0 aliphatic rings. The number of methoxy groups -OCH3 is 1. The summed E-state index contributed by atoms with van der Waals surface area (Å²) in [5, 5.41) is 11.3. The molecule has 0 fully saturated rings. The van der Waals surface area contributed by atoms with Gasteiger partial charge in [0.15, 0.2) is 0 Å². The van der Waals surface area contributed by atoms with Gasteiger partial charge in [-0.05, 0) is 35.4 Å². The van der Waals surface area contributed by atoms with Gasteiger partial charge >= 0.3 is 0 Å². The fourth-order valence-electron chi connectivity index (χ4n) is 2.26. The zero-order chi connectivity index (χ0) is 15.5. The number of hydrogen-bond acceptors (Lipinski definition) is 4. The lowest BCUT2D eigenvalue weighted by atomic mass is 9.78. The molecule has 0 heterocycles. The Labute approximate surface area is 125 Å². The van der Waals surface area contributed by atoms with Crippen molar-refractivity contribution in [2.24, 2.45) is 0 Å². The van der Waals surface area contributed by atoms with Gasteiger partial charge in [-0.25, -0.2) is 5.23 Å². The second kappa shape index (κ2) is 6.16. The minimum atomic E-state index is -0.145. The molecule has 0 radical (unpaired) electrons. The number of nitrogens with zero attached hydrogens (tertiary/aromatic N) is 1.